The number of nitrogens with zero attached hydrogens (tertiary/aromatic N) is 4. The molecule has 0 N–H and O–H groups in total. The van der Waals surface area contributed by atoms with E-state index in [9.17, 15) is 0 Å². The van der Waals surface area contributed by atoms with Gasteiger partial charge < -0.3 is 4.74 Å². The smallest absolute Gasteiger partial charge is 0.187 e. The Bertz CT molecular complexity index is 549. The molecule has 4 aliphatic heterocycles. The lowest BCUT2D eigenvalue weighted by molar-refractivity contribution is 0.0307. The lowest BCUT2D eigenvalue weighted by Gasteiger charge is -2.37. The second kappa shape index (κ2) is 8.33. The Morgan fingerprint density at radius 3 is 2.60 bits per heavy atom. The molecule has 0 radical (unpaired) electrons. The van der Waals surface area contributed by atoms with Crippen LogP contribution in [0.15, 0.2) is 17.6 Å². The zero-order valence-corrected chi connectivity index (χ0v) is 16.1. The van der Waals surface area contributed by atoms with Crippen molar-refractivity contribution in [1.29, 1.82) is 0 Å². The average molecular weight is 363 g/mol. The number of thioether (sulfide) groups is 1. The Kier molecular flexibility index (Phi) is 5.90. The van der Waals surface area contributed by atoms with Crippen LogP contribution in [0.1, 0.15) is 38.2 Å². The number of hydrogen-bond donors (Lipinski definition) is 0. The van der Waals surface area contributed by atoms with Crippen molar-refractivity contribution >= 4 is 11.8 Å². The Labute approximate surface area is 155 Å². The predicted molar refractivity (Wildman–Crippen MR) is 101 cm³/mol. The van der Waals surface area contributed by atoms with Crippen LogP contribution in [-0.4, -0.2) is 70.5 Å². The maximum absolute atomic E-state index is 5.57. The highest BCUT2D eigenvalue weighted by atomic mass is 32.2. The summed E-state index contributed by atoms with van der Waals surface area (Å²) in [5, 5.41) is 0.898. The lowest BCUT2D eigenvalue weighted by Crippen LogP contribution is -2.45. The van der Waals surface area contributed by atoms with Crippen LogP contribution >= 0.6 is 11.8 Å². The second-order valence-corrected chi connectivity index (χ2v) is 8.86. The van der Waals surface area contributed by atoms with Gasteiger partial charge in [-0.05, 0) is 37.4 Å². The summed E-state index contributed by atoms with van der Waals surface area (Å²) < 4.78 is 5.57. The van der Waals surface area contributed by atoms with Gasteiger partial charge in [-0.3, -0.25) is 9.80 Å². The average Bonchev–Trinajstić information content (AvgIpc) is 2.96. The minimum atomic E-state index is 0.686. The summed E-state index contributed by atoms with van der Waals surface area (Å²) in [4.78, 5) is 14.5. The van der Waals surface area contributed by atoms with Crippen molar-refractivity contribution in [3.63, 3.8) is 0 Å². The number of hydrogen-bond acceptors (Lipinski definition) is 6. The van der Waals surface area contributed by atoms with Crippen molar-refractivity contribution in [3.8, 4) is 0 Å². The zero-order valence-electron chi connectivity index (χ0n) is 15.3. The molecule has 6 heteroatoms. The van der Waals surface area contributed by atoms with Crippen LogP contribution in [0.25, 0.3) is 0 Å². The first-order valence-corrected chi connectivity index (χ1v) is 10.8. The fourth-order valence-corrected chi connectivity index (χ4v) is 5.13. The van der Waals surface area contributed by atoms with E-state index in [1.807, 2.05) is 12.4 Å². The van der Waals surface area contributed by atoms with Gasteiger partial charge in [-0.2, -0.15) is 0 Å². The van der Waals surface area contributed by atoms with Gasteiger partial charge in [0, 0.05) is 69.4 Å². The summed E-state index contributed by atoms with van der Waals surface area (Å²) in [6.45, 7) is 8.77. The standard InChI is InChI=1S/C19H30N4OS/c1-2-25-19-20-9-16(10-21-19)13-22-11-15-3-4-18(22)14-23(12-15)17-5-7-24-8-6-17/h9-10,15,17-18H,2-8,11-14H2,1H3/t15-,18-/m0/s1. The Hall–Kier alpha value is -0.690. The van der Waals surface area contributed by atoms with Gasteiger partial charge in [0.25, 0.3) is 0 Å². The van der Waals surface area contributed by atoms with E-state index in [2.05, 4.69) is 26.7 Å². The third kappa shape index (κ3) is 4.35. The molecule has 25 heavy (non-hydrogen) atoms. The summed E-state index contributed by atoms with van der Waals surface area (Å²) in [6, 6.07) is 1.43. The molecule has 5 rings (SSSR count). The van der Waals surface area contributed by atoms with Crippen molar-refractivity contribution in [3.05, 3.63) is 18.0 Å². The molecule has 1 aromatic heterocycles. The molecule has 0 unspecified atom stereocenters. The van der Waals surface area contributed by atoms with E-state index >= 15 is 0 Å². The number of rotatable bonds is 5. The van der Waals surface area contributed by atoms with Crippen LogP contribution in [0.5, 0.6) is 0 Å². The van der Waals surface area contributed by atoms with Gasteiger partial charge >= 0.3 is 0 Å². The molecule has 4 saturated heterocycles. The minimum Gasteiger partial charge on any atom is -0.381 e. The first-order valence-electron chi connectivity index (χ1n) is 9.81. The molecule has 0 aromatic carbocycles. The summed E-state index contributed by atoms with van der Waals surface area (Å²) in [7, 11) is 0. The Morgan fingerprint density at radius 2 is 1.84 bits per heavy atom. The van der Waals surface area contributed by atoms with Crippen molar-refractivity contribution in [2.45, 2.75) is 56.4 Å². The van der Waals surface area contributed by atoms with Gasteiger partial charge in [-0.1, -0.05) is 18.7 Å². The van der Waals surface area contributed by atoms with Crippen molar-refractivity contribution < 1.29 is 4.74 Å². The molecular formula is C19H30N4OS. The van der Waals surface area contributed by atoms with Gasteiger partial charge in [0.15, 0.2) is 5.16 Å². The molecule has 4 aliphatic rings. The first kappa shape index (κ1) is 17.7. The maximum Gasteiger partial charge on any atom is 0.187 e. The van der Waals surface area contributed by atoms with Crippen LogP contribution < -0.4 is 0 Å². The minimum absolute atomic E-state index is 0.686. The fraction of sp³-hybridized carbons (Fsp3) is 0.789. The summed E-state index contributed by atoms with van der Waals surface area (Å²) in [5.74, 6) is 1.84. The second-order valence-electron chi connectivity index (χ2n) is 7.63. The highest BCUT2D eigenvalue weighted by molar-refractivity contribution is 7.99. The van der Waals surface area contributed by atoms with Crippen molar-refractivity contribution in [2.75, 3.05) is 38.6 Å². The van der Waals surface area contributed by atoms with Crippen molar-refractivity contribution in [2.24, 2.45) is 5.92 Å². The number of piperidine rings is 1. The quantitative estimate of drug-likeness (QED) is 0.593. The molecule has 1 aromatic rings. The van der Waals surface area contributed by atoms with E-state index in [1.165, 1.54) is 50.9 Å². The number of fused-ring (bicyclic) bond motifs is 4. The van der Waals surface area contributed by atoms with Gasteiger partial charge in [0.1, 0.15) is 0 Å². The van der Waals surface area contributed by atoms with E-state index < -0.39 is 0 Å². The molecule has 5 heterocycles. The molecule has 2 bridgehead atoms. The van der Waals surface area contributed by atoms with Gasteiger partial charge in [-0.15, -0.1) is 0 Å². The van der Waals surface area contributed by atoms with Crippen molar-refractivity contribution in [1.82, 2.24) is 19.8 Å². The molecule has 0 amide bonds. The third-order valence-corrected chi connectivity index (χ3v) is 6.66. The highest BCUT2D eigenvalue weighted by Crippen LogP contribution is 2.31. The SMILES string of the molecule is CCSc1ncc(CN2C[C@@H]3CC[C@H]2CN(C2CCOCC2)C3)cn1. The zero-order chi connectivity index (χ0) is 17.1. The predicted octanol–water partition coefficient (Wildman–Crippen LogP) is 2.66. The van der Waals surface area contributed by atoms with Crippen LogP contribution in [0.3, 0.4) is 0 Å². The molecule has 0 saturated carbocycles. The normalized spacial score (nSPS) is 29.0. The van der Waals surface area contributed by atoms with E-state index in [4.69, 9.17) is 4.74 Å². The first-order chi connectivity index (χ1) is 12.3. The van der Waals surface area contributed by atoms with Crippen LogP contribution in [0, 0.1) is 5.92 Å². The molecule has 138 valence electrons. The van der Waals surface area contributed by atoms with E-state index in [0.717, 1.165) is 42.6 Å². The topological polar surface area (TPSA) is 41.5 Å². The van der Waals surface area contributed by atoms with Gasteiger partial charge in [0.05, 0.1) is 0 Å². The third-order valence-electron chi connectivity index (χ3n) is 5.90. The van der Waals surface area contributed by atoms with Crippen LogP contribution in [0.4, 0.5) is 0 Å². The van der Waals surface area contributed by atoms with Gasteiger partial charge in [0.2, 0.25) is 0 Å². The largest absolute Gasteiger partial charge is 0.381 e. The maximum atomic E-state index is 5.57. The summed E-state index contributed by atoms with van der Waals surface area (Å²) in [6.07, 6.45) is 9.21. The number of ether oxygens (including phenoxy) is 1. The van der Waals surface area contributed by atoms with E-state index in [1.54, 1.807) is 11.8 Å². The molecule has 4 fully saturated rings. The molecular weight excluding hydrogens is 332 g/mol. The summed E-state index contributed by atoms with van der Waals surface area (Å²) >= 11 is 1.71. The van der Waals surface area contributed by atoms with Crippen LogP contribution in [0.2, 0.25) is 0 Å². The van der Waals surface area contributed by atoms with Gasteiger partial charge in [-0.25, -0.2) is 9.97 Å². The Balaban J connectivity index is 1.40. The molecule has 5 nitrogen and oxygen atoms in total. The molecule has 2 atom stereocenters. The Morgan fingerprint density at radius 1 is 1.04 bits per heavy atom. The molecule has 0 aliphatic carbocycles. The fourth-order valence-electron chi connectivity index (χ4n) is 4.62. The monoisotopic (exact) mass is 362 g/mol. The molecule has 0 spiro atoms. The lowest BCUT2D eigenvalue weighted by atomic mass is 9.94. The highest BCUT2D eigenvalue weighted by Gasteiger charge is 2.37. The summed E-state index contributed by atoms with van der Waals surface area (Å²) in [5.41, 5.74) is 1.26. The van der Waals surface area contributed by atoms with E-state index in [-0.39, 0.29) is 0 Å². The van der Waals surface area contributed by atoms with Crippen LogP contribution in [-0.2, 0) is 11.3 Å². The van der Waals surface area contributed by atoms with E-state index in [0.29, 0.717) is 6.04 Å². The number of aromatic nitrogens is 2.